The van der Waals surface area contributed by atoms with E-state index in [4.69, 9.17) is 17.3 Å². The summed E-state index contributed by atoms with van der Waals surface area (Å²) in [6.07, 6.45) is 1.67. The maximum atomic E-state index is 13.1. The Kier molecular flexibility index (Phi) is 5.70. The lowest BCUT2D eigenvalue weighted by molar-refractivity contribution is 0.103. The van der Waals surface area contributed by atoms with E-state index in [9.17, 15) is 22.8 Å². The molecule has 29 heavy (non-hydrogen) atoms. The van der Waals surface area contributed by atoms with Crippen molar-refractivity contribution in [2.75, 3.05) is 18.8 Å². The maximum absolute atomic E-state index is 13.1. The number of halogens is 1. The van der Waals surface area contributed by atoms with E-state index in [2.05, 4.69) is 0 Å². The molecule has 1 fully saturated rings. The molecule has 1 aromatic carbocycles. The third-order valence-corrected chi connectivity index (χ3v) is 7.37. The van der Waals surface area contributed by atoms with Crippen molar-refractivity contribution in [3.63, 3.8) is 0 Å². The number of hydrogen-bond acceptors (Lipinski definition) is 6. The van der Waals surface area contributed by atoms with Crippen LogP contribution in [0.2, 0.25) is 5.02 Å². The number of sulfonamides is 1. The molecule has 156 valence electrons. The molecule has 0 amide bonds. The summed E-state index contributed by atoms with van der Waals surface area (Å²) >= 11 is 6.14. The molecule has 3 rings (SSSR count). The Hall–Kier alpha value is -2.43. The van der Waals surface area contributed by atoms with E-state index in [1.165, 1.54) is 23.5 Å². The largest absolute Gasteiger partial charge is 0.384 e. The first-order chi connectivity index (χ1) is 13.5. The first-order valence-corrected chi connectivity index (χ1v) is 10.8. The summed E-state index contributed by atoms with van der Waals surface area (Å²) in [6.45, 7) is 2.71. The SMILES string of the molecule is CC1CCCN(S(=O)(=O)c2cc(C(=O)c3c(N)n(C)c(=O)[nH]c3=O)ccc2Cl)C1. The Morgan fingerprint density at radius 3 is 2.66 bits per heavy atom. The number of benzene rings is 1. The van der Waals surface area contributed by atoms with Crippen LogP contribution in [0.5, 0.6) is 0 Å². The summed E-state index contributed by atoms with van der Waals surface area (Å²) < 4.78 is 28.5. The highest BCUT2D eigenvalue weighted by Crippen LogP contribution is 2.29. The van der Waals surface area contributed by atoms with E-state index in [1.54, 1.807) is 0 Å². The van der Waals surface area contributed by atoms with Gasteiger partial charge in [-0.2, -0.15) is 4.31 Å². The van der Waals surface area contributed by atoms with Crippen LogP contribution in [0.4, 0.5) is 5.82 Å². The first kappa shape index (κ1) is 21.3. The normalized spacial score (nSPS) is 18.0. The van der Waals surface area contributed by atoms with Gasteiger partial charge in [0.05, 0.1) is 5.02 Å². The fourth-order valence-corrected chi connectivity index (χ4v) is 5.45. The van der Waals surface area contributed by atoms with E-state index in [1.807, 2.05) is 11.9 Å². The van der Waals surface area contributed by atoms with Crippen LogP contribution in [-0.2, 0) is 17.1 Å². The molecule has 1 aromatic heterocycles. The molecular weight excluding hydrogens is 420 g/mol. The van der Waals surface area contributed by atoms with Crippen molar-refractivity contribution < 1.29 is 13.2 Å². The molecule has 1 atom stereocenters. The van der Waals surface area contributed by atoms with Gasteiger partial charge < -0.3 is 5.73 Å². The van der Waals surface area contributed by atoms with Crippen LogP contribution in [0.15, 0.2) is 32.7 Å². The van der Waals surface area contributed by atoms with E-state index >= 15 is 0 Å². The molecular formula is C18H21ClN4O5S. The van der Waals surface area contributed by atoms with Crippen molar-refractivity contribution in [1.82, 2.24) is 13.9 Å². The number of carbonyl (C=O) groups excluding carboxylic acids is 1. The smallest absolute Gasteiger partial charge is 0.329 e. The van der Waals surface area contributed by atoms with Crippen molar-refractivity contribution in [1.29, 1.82) is 0 Å². The number of nitrogens with zero attached hydrogens (tertiary/aromatic N) is 2. The molecule has 0 radical (unpaired) electrons. The minimum Gasteiger partial charge on any atom is -0.384 e. The van der Waals surface area contributed by atoms with Crippen LogP contribution in [-0.4, -0.2) is 41.1 Å². The standard InChI is InChI=1S/C18H21ClN4O5S/c1-10-4-3-7-23(9-10)29(27,28)13-8-11(5-6-12(13)19)15(24)14-16(20)22(2)18(26)21-17(14)25/h5-6,8,10H,3-4,7,9,20H2,1-2H3,(H,21,25,26). The zero-order valence-corrected chi connectivity index (χ0v) is 17.5. The number of ketones is 1. The van der Waals surface area contributed by atoms with Crippen LogP contribution < -0.4 is 17.0 Å². The van der Waals surface area contributed by atoms with Crippen LogP contribution in [0.3, 0.4) is 0 Å². The quantitative estimate of drug-likeness (QED) is 0.679. The highest BCUT2D eigenvalue weighted by atomic mass is 35.5. The highest BCUT2D eigenvalue weighted by Gasteiger charge is 2.31. The Morgan fingerprint density at radius 1 is 1.31 bits per heavy atom. The second-order valence-corrected chi connectivity index (χ2v) is 9.48. The van der Waals surface area contributed by atoms with Crippen LogP contribution in [0.1, 0.15) is 35.7 Å². The van der Waals surface area contributed by atoms with E-state index in [0.717, 1.165) is 23.5 Å². The molecule has 0 saturated carbocycles. The molecule has 0 aliphatic carbocycles. The summed E-state index contributed by atoms with van der Waals surface area (Å²) in [7, 11) is -2.62. The summed E-state index contributed by atoms with van der Waals surface area (Å²) in [4.78, 5) is 38.5. The highest BCUT2D eigenvalue weighted by molar-refractivity contribution is 7.89. The second kappa shape index (κ2) is 7.77. The number of nitrogens with two attached hydrogens (primary N) is 1. The van der Waals surface area contributed by atoms with Crippen LogP contribution in [0.25, 0.3) is 0 Å². The Morgan fingerprint density at radius 2 is 2.00 bits per heavy atom. The van der Waals surface area contributed by atoms with Crippen LogP contribution >= 0.6 is 11.6 Å². The summed E-state index contributed by atoms with van der Waals surface area (Å²) in [6, 6.07) is 3.75. The first-order valence-electron chi connectivity index (χ1n) is 8.97. The van der Waals surface area contributed by atoms with E-state index in [-0.39, 0.29) is 27.2 Å². The minimum absolute atomic E-state index is 0.0258. The number of rotatable bonds is 4. The number of nitrogen functional groups attached to an aromatic ring is 1. The zero-order valence-electron chi connectivity index (χ0n) is 15.9. The van der Waals surface area contributed by atoms with Crippen molar-refractivity contribution >= 4 is 33.2 Å². The van der Waals surface area contributed by atoms with E-state index < -0.39 is 32.6 Å². The van der Waals surface area contributed by atoms with Crippen molar-refractivity contribution in [2.45, 2.75) is 24.7 Å². The van der Waals surface area contributed by atoms with Gasteiger partial charge in [-0.1, -0.05) is 18.5 Å². The molecule has 1 aliphatic rings. The number of aromatic amines is 1. The number of anilines is 1. The molecule has 0 spiro atoms. The number of carbonyl (C=O) groups is 1. The maximum Gasteiger partial charge on any atom is 0.329 e. The van der Waals surface area contributed by atoms with Crippen molar-refractivity contribution in [3.8, 4) is 0 Å². The number of nitrogens with one attached hydrogen (secondary N) is 1. The van der Waals surface area contributed by atoms with Gasteiger partial charge in [0.25, 0.3) is 5.56 Å². The fraction of sp³-hybridized carbons (Fsp3) is 0.389. The Labute approximate surface area is 172 Å². The lowest BCUT2D eigenvalue weighted by Gasteiger charge is -2.30. The third-order valence-electron chi connectivity index (χ3n) is 5.03. The summed E-state index contributed by atoms with van der Waals surface area (Å²) in [5.74, 6) is -0.904. The lowest BCUT2D eigenvalue weighted by Crippen LogP contribution is -2.39. The monoisotopic (exact) mass is 440 g/mol. The molecule has 3 N–H and O–H groups in total. The zero-order chi connectivity index (χ0) is 21.5. The van der Waals surface area contributed by atoms with Gasteiger partial charge in [-0.3, -0.25) is 19.1 Å². The molecule has 2 aromatic rings. The number of hydrogen-bond donors (Lipinski definition) is 2. The minimum atomic E-state index is -3.92. The van der Waals surface area contributed by atoms with Gasteiger partial charge in [0.2, 0.25) is 15.8 Å². The van der Waals surface area contributed by atoms with Gasteiger partial charge in [0.1, 0.15) is 16.3 Å². The number of aromatic nitrogens is 2. The molecule has 1 saturated heterocycles. The fourth-order valence-electron chi connectivity index (χ4n) is 3.35. The molecule has 2 heterocycles. The predicted octanol–water partition coefficient (Wildman–Crippen LogP) is 0.961. The molecule has 0 bridgehead atoms. The van der Waals surface area contributed by atoms with Gasteiger partial charge >= 0.3 is 5.69 Å². The molecule has 11 heteroatoms. The Balaban J connectivity index is 2.09. The number of piperidine rings is 1. The van der Waals surface area contributed by atoms with Gasteiger partial charge in [-0.25, -0.2) is 13.2 Å². The van der Waals surface area contributed by atoms with Gasteiger partial charge in [0.15, 0.2) is 0 Å². The van der Waals surface area contributed by atoms with E-state index in [0.29, 0.717) is 13.1 Å². The predicted molar refractivity (Wildman–Crippen MR) is 109 cm³/mol. The third kappa shape index (κ3) is 3.87. The van der Waals surface area contributed by atoms with Crippen molar-refractivity contribution in [2.24, 2.45) is 13.0 Å². The lowest BCUT2D eigenvalue weighted by atomic mass is 10.0. The summed E-state index contributed by atoms with van der Waals surface area (Å²) in [5.41, 5.74) is 3.56. The van der Waals surface area contributed by atoms with Crippen LogP contribution in [0, 0.1) is 5.92 Å². The Bertz CT molecular complexity index is 1200. The average molecular weight is 441 g/mol. The molecule has 9 nitrogen and oxygen atoms in total. The van der Waals surface area contributed by atoms with Gasteiger partial charge in [0, 0.05) is 25.7 Å². The van der Waals surface area contributed by atoms with Gasteiger partial charge in [-0.05, 0) is 37.0 Å². The summed E-state index contributed by atoms with van der Waals surface area (Å²) in [5, 5.41) is -0.0258. The van der Waals surface area contributed by atoms with Crippen molar-refractivity contribution in [3.05, 3.63) is 55.2 Å². The molecule has 1 unspecified atom stereocenters. The second-order valence-electron chi connectivity index (χ2n) is 7.16. The average Bonchev–Trinajstić information content (AvgIpc) is 2.66. The number of H-pyrrole nitrogens is 1. The van der Waals surface area contributed by atoms with Gasteiger partial charge in [-0.15, -0.1) is 0 Å². The molecule has 1 aliphatic heterocycles. The topological polar surface area (TPSA) is 135 Å².